The maximum absolute atomic E-state index is 16.1. The number of benzene rings is 3. The molecule has 0 aromatic heterocycles. The van der Waals surface area contributed by atoms with Gasteiger partial charge in [-0.25, -0.2) is 18.1 Å². The van der Waals surface area contributed by atoms with Gasteiger partial charge in [-0.15, -0.1) is 0 Å². The number of halogens is 4. The minimum absolute atomic E-state index is 0.000412. The molecular weight excluding hydrogens is 800 g/mol. The number of anilines is 1. The van der Waals surface area contributed by atoms with Gasteiger partial charge in [0.1, 0.15) is 24.0 Å². The third-order valence-electron chi connectivity index (χ3n) is 9.18. The summed E-state index contributed by atoms with van der Waals surface area (Å²) in [5, 5.41) is 13.9. The minimum Gasteiger partial charge on any atom is -0.495 e. The molecule has 4 rings (SSSR count). The van der Waals surface area contributed by atoms with Crippen molar-refractivity contribution in [2.24, 2.45) is 17.3 Å². The van der Waals surface area contributed by atoms with Crippen molar-refractivity contribution in [1.29, 1.82) is 5.26 Å². The highest BCUT2D eigenvalue weighted by Gasteiger charge is 2.61. The van der Waals surface area contributed by atoms with Crippen LogP contribution in [-0.4, -0.2) is 43.4 Å². The van der Waals surface area contributed by atoms with Gasteiger partial charge < -0.3 is 14.8 Å². The lowest BCUT2D eigenvalue weighted by Gasteiger charge is -2.38. The number of esters is 1. The van der Waals surface area contributed by atoms with Gasteiger partial charge in [-0.3, -0.25) is 18.4 Å². The number of hydrogen-bond donors (Lipinski definition) is 1. The molecule has 1 saturated carbocycles. The summed E-state index contributed by atoms with van der Waals surface area (Å²) in [7, 11) is -2.69. The number of carbonyl (C=O) groups is 2. The van der Waals surface area contributed by atoms with Gasteiger partial charge in [0.2, 0.25) is 5.91 Å². The average Bonchev–Trinajstić information content (AvgIpc) is 3.39. The lowest BCUT2D eigenvalue weighted by atomic mass is 9.62. The maximum atomic E-state index is 16.1. The number of phosphoric acid groups is 1. The smallest absolute Gasteiger partial charge is 0.475 e. The number of methoxy groups -OCH3 is 1. The Bertz CT molecular complexity index is 2040. The fourth-order valence-corrected chi connectivity index (χ4v) is 9.48. The van der Waals surface area contributed by atoms with E-state index in [0.29, 0.717) is 6.42 Å². The van der Waals surface area contributed by atoms with Crippen LogP contribution >= 0.6 is 31.0 Å². The lowest BCUT2D eigenvalue weighted by Crippen LogP contribution is -2.39. The second-order valence-electron chi connectivity index (χ2n) is 17.3. The largest absolute Gasteiger partial charge is 0.495 e. The molecule has 1 amide bonds. The molecule has 3 aromatic carbocycles. The number of rotatable bonds is 13. The van der Waals surface area contributed by atoms with Gasteiger partial charge >= 0.3 is 13.8 Å². The summed E-state index contributed by atoms with van der Waals surface area (Å²) in [6.07, 6.45) is 0.486. The molecule has 1 aliphatic carbocycles. The van der Waals surface area contributed by atoms with Crippen LogP contribution in [-0.2, 0) is 33.1 Å². The molecular formula is C42H51Cl2F2N2O8P. The molecule has 0 heterocycles. The van der Waals surface area contributed by atoms with Crippen molar-refractivity contribution in [3.05, 3.63) is 93.0 Å². The number of carbonyl (C=O) groups excluding carboxylic acids is 2. The Balaban J connectivity index is 1.65. The zero-order valence-electron chi connectivity index (χ0n) is 33.9. The molecule has 4 atom stereocenters. The Kier molecular flexibility index (Phi) is 14.4. The third kappa shape index (κ3) is 11.3. The predicted octanol–water partition coefficient (Wildman–Crippen LogP) is 11.4. The SMILES string of the molecule is COc1cc(C(=O)OCCOP(=O)(OC(C)(C)C)OC(C)(C)C)ccc1NC(=O)[C@@H]1C[C@@H](CC(C)(C)C)[C@](C#N)(c2ccc(Cl)cc2F)[C@H]1c1cccc(Cl)c1F. The van der Waals surface area contributed by atoms with Gasteiger partial charge in [0.15, 0.2) is 0 Å². The molecule has 0 bridgehead atoms. The Morgan fingerprint density at radius 1 is 0.947 bits per heavy atom. The zero-order chi connectivity index (χ0) is 42.7. The molecule has 3 aromatic rings. The van der Waals surface area contributed by atoms with E-state index in [1.807, 2.05) is 20.8 Å². The number of phosphoric ester groups is 1. The lowest BCUT2D eigenvalue weighted by molar-refractivity contribution is -0.120. The van der Waals surface area contributed by atoms with Crippen LogP contribution in [0.3, 0.4) is 0 Å². The van der Waals surface area contributed by atoms with Crippen LogP contribution in [0, 0.1) is 40.2 Å². The van der Waals surface area contributed by atoms with E-state index in [-0.39, 0.29) is 63.2 Å². The van der Waals surface area contributed by atoms with Crippen LogP contribution in [0.5, 0.6) is 5.75 Å². The monoisotopic (exact) mass is 850 g/mol. The van der Waals surface area contributed by atoms with Crippen LogP contribution in [0.1, 0.15) is 103 Å². The topological polar surface area (TPSA) is 133 Å². The number of hydrogen-bond acceptors (Lipinski definition) is 9. The van der Waals surface area contributed by atoms with Gasteiger partial charge in [0, 0.05) is 22.4 Å². The van der Waals surface area contributed by atoms with Crippen LogP contribution < -0.4 is 10.1 Å². The normalized spacial score (nSPS) is 20.2. The molecule has 0 aliphatic heterocycles. The molecule has 1 N–H and O–H groups in total. The number of nitrogens with zero attached hydrogens (tertiary/aromatic N) is 1. The number of ether oxygens (including phenoxy) is 2. The summed E-state index contributed by atoms with van der Waals surface area (Å²) in [5.41, 5.74) is -3.56. The third-order valence-corrected chi connectivity index (χ3v) is 11.7. The van der Waals surface area contributed by atoms with E-state index in [0.717, 1.165) is 6.07 Å². The quantitative estimate of drug-likeness (QED) is 0.101. The van der Waals surface area contributed by atoms with E-state index >= 15 is 8.78 Å². The highest BCUT2D eigenvalue weighted by atomic mass is 35.5. The molecule has 0 spiro atoms. The fraction of sp³-hybridized carbons (Fsp3) is 0.500. The van der Waals surface area contributed by atoms with E-state index in [2.05, 4.69) is 11.4 Å². The predicted molar refractivity (Wildman–Crippen MR) is 216 cm³/mol. The van der Waals surface area contributed by atoms with Crippen molar-refractivity contribution in [2.75, 3.05) is 25.6 Å². The first-order valence-corrected chi connectivity index (χ1v) is 20.7. The second kappa shape index (κ2) is 17.7. The van der Waals surface area contributed by atoms with Gasteiger partial charge in [-0.2, -0.15) is 5.26 Å². The highest BCUT2D eigenvalue weighted by molar-refractivity contribution is 7.48. The fourth-order valence-electron chi connectivity index (χ4n) is 7.35. The van der Waals surface area contributed by atoms with Crippen molar-refractivity contribution in [3.63, 3.8) is 0 Å². The molecule has 310 valence electrons. The van der Waals surface area contributed by atoms with Crippen molar-refractivity contribution in [2.45, 2.75) is 97.7 Å². The zero-order valence-corrected chi connectivity index (χ0v) is 36.3. The summed E-state index contributed by atoms with van der Waals surface area (Å²) in [6.45, 7) is 15.5. The summed E-state index contributed by atoms with van der Waals surface area (Å²) in [6, 6.07) is 14.9. The van der Waals surface area contributed by atoms with Crippen molar-refractivity contribution in [3.8, 4) is 11.8 Å². The molecule has 1 fully saturated rings. The van der Waals surface area contributed by atoms with E-state index in [9.17, 15) is 19.4 Å². The van der Waals surface area contributed by atoms with E-state index in [1.165, 1.54) is 55.6 Å². The van der Waals surface area contributed by atoms with Crippen LogP contribution in [0.2, 0.25) is 10.0 Å². The number of amides is 1. The van der Waals surface area contributed by atoms with E-state index < -0.39 is 65.7 Å². The van der Waals surface area contributed by atoms with Gasteiger partial charge in [0.25, 0.3) is 0 Å². The standard InChI is InChI=1S/C42H51Cl2F2N2O8P/c1-39(2,3)23-26-21-29(35(28-12-11-13-31(44)36(28)46)42(26,24-47)30-16-15-27(43)22-32(30)45)37(49)48-33-17-14-25(20-34(33)52-10)38(50)53-18-19-54-57(51,55-40(4,5)6)56-41(7,8)9/h11-17,20,22,26,29,35H,18-19,21,23H2,1-10H3,(H,48,49)/t26-,29+,35-,42+/m0/s1. The number of nitriles is 1. The highest BCUT2D eigenvalue weighted by Crippen LogP contribution is 2.61. The van der Waals surface area contributed by atoms with Crippen LogP contribution in [0.4, 0.5) is 14.5 Å². The summed E-state index contributed by atoms with van der Waals surface area (Å²) in [4.78, 5) is 27.6. The molecule has 15 heteroatoms. The first kappa shape index (κ1) is 46.1. The van der Waals surface area contributed by atoms with Gasteiger partial charge in [-0.05, 0) is 108 Å². The Morgan fingerprint density at radius 3 is 2.16 bits per heavy atom. The Hall–Kier alpha value is -3.56. The Morgan fingerprint density at radius 2 is 1.60 bits per heavy atom. The van der Waals surface area contributed by atoms with Gasteiger partial charge in [0.05, 0.1) is 52.7 Å². The molecule has 1 aliphatic rings. The van der Waals surface area contributed by atoms with Crippen molar-refractivity contribution >= 4 is 48.6 Å². The average molecular weight is 852 g/mol. The maximum Gasteiger partial charge on any atom is 0.475 e. The van der Waals surface area contributed by atoms with Gasteiger partial charge in [-0.1, -0.05) is 62.2 Å². The molecule has 0 saturated heterocycles. The molecule has 57 heavy (non-hydrogen) atoms. The summed E-state index contributed by atoms with van der Waals surface area (Å²) < 4.78 is 72.9. The minimum atomic E-state index is -4.03. The molecule has 10 nitrogen and oxygen atoms in total. The van der Waals surface area contributed by atoms with E-state index in [1.54, 1.807) is 41.5 Å². The summed E-state index contributed by atoms with van der Waals surface area (Å²) in [5.74, 6) is -5.69. The Labute approximate surface area is 344 Å². The summed E-state index contributed by atoms with van der Waals surface area (Å²) >= 11 is 12.4. The van der Waals surface area contributed by atoms with Crippen molar-refractivity contribution < 1.29 is 46.0 Å². The second-order valence-corrected chi connectivity index (χ2v) is 19.6. The first-order chi connectivity index (χ1) is 26.3. The molecule has 0 radical (unpaired) electrons. The van der Waals surface area contributed by atoms with E-state index in [4.69, 9.17) is 46.2 Å². The first-order valence-electron chi connectivity index (χ1n) is 18.5. The van der Waals surface area contributed by atoms with Crippen LogP contribution in [0.15, 0.2) is 54.6 Å². The number of nitrogens with one attached hydrogen (secondary N) is 1. The van der Waals surface area contributed by atoms with Crippen molar-refractivity contribution in [1.82, 2.24) is 0 Å². The molecule has 0 unspecified atom stereocenters. The van der Waals surface area contributed by atoms with Crippen LogP contribution in [0.25, 0.3) is 0 Å².